The maximum atomic E-state index is 11.1. The van der Waals surface area contributed by atoms with E-state index in [9.17, 15) is 4.79 Å². The van der Waals surface area contributed by atoms with Gasteiger partial charge in [0.05, 0.1) is 5.41 Å². The second-order valence-electron chi connectivity index (χ2n) is 3.30. The molecular formula is C10H12OS. The van der Waals surface area contributed by atoms with Gasteiger partial charge in [0.1, 0.15) is 0 Å². The molecule has 0 amide bonds. The van der Waals surface area contributed by atoms with Crippen LogP contribution in [0.2, 0.25) is 0 Å². The van der Waals surface area contributed by atoms with Gasteiger partial charge in [-0.25, -0.2) is 0 Å². The van der Waals surface area contributed by atoms with Gasteiger partial charge in [0.25, 0.3) is 0 Å². The van der Waals surface area contributed by atoms with Crippen LogP contribution < -0.4 is 0 Å². The molecule has 0 unspecified atom stereocenters. The summed E-state index contributed by atoms with van der Waals surface area (Å²) in [6.45, 7) is 3.75. The third kappa shape index (κ3) is 1.69. The lowest BCUT2D eigenvalue weighted by atomic mass is 9.86. The molecule has 0 aliphatic heterocycles. The molecular weight excluding hydrogens is 168 g/mol. The van der Waals surface area contributed by atoms with Gasteiger partial charge in [-0.15, -0.1) is 12.6 Å². The first-order valence-electron chi connectivity index (χ1n) is 3.84. The van der Waals surface area contributed by atoms with E-state index in [2.05, 4.69) is 12.6 Å². The molecule has 64 valence electrons. The maximum absolute atomic E-state index is 11.1. The van der Waals surface area contributed by atoms with Gasteiger partial charge in [0.2, 0.25) is 0 Å². The molecule has 1 rings (SSSR count). The van der Waals surface area contributed by atoms with E-state index in [1.54, 1.807) is 0 Å². The predicted molar refractivity (Wildman–Crippen MR) is 53.5 cm³/mol. The Bertz CT molecular complexity index is 277. The van der Waals surface area contributed by atoms with Crippen LogP contribution in [-0.2, 0) is 10.2 Å². The van der Waals surface area contributed by atoms with Gasteiger partial charge in [-0.05, 0) is 19.4 Å². The van der Waals surface area contributed by atoms with Gasteiger partial charge in [-0.2, -0.15) is 0 Å². The van der Waals surface area contributed by atoms with Crippen molar-refractivity contribution >= 4 is 17.7 Å². The third-order valence-corrected chi connectivity index (χ3v) is 2.59. The first-order valence-corrected chi connectivity index (χ1v) is 4.29. The minimum absolute atomic E-state index is 0.103. The second-order valence-corrected chi connectivity index (χ2v) is 3.70. The van der Waals surface area contributed by atoms with Gasteiger partial charge in [0, 0.05) is 0 Å². The van der Waals surface area contributed by atoms with Crippen molar-refractivity contribution in [3.05, 3.63) is 35.9 Å². The number of benzene rings is 1. The van der Waals surface area contributed by atoms with Crippen molar-refractivity contribution in [1.29, 1.82) is 0 Å². The molecule has 0 fully saturated rings. The van der Waals surface area contributed by atoms with Crippen LogP contribution >= 0.6 is 12.6 Å². The molecule has 0 saturated carbocycles. The van der Waals surface area contributed by atoms with Crippen LogP contribution in [0, 0.1) is 0 Å². The van der Waals surface area contributed by atoms with Gasteiger partial charge < -0.3 is 0 Å². The maximum Gasteiger partial charge on any atom is 0.195 e. The van der Waals surface area contributed by atoms with Gasteiger partial charge in [-0.1, -0.05) is 30.3 Å². The highest BCUT2D eigenvalue weighted by Crippen LogP contribution is 2.24. The fourth-order valence-electron chi connectivity index (χ4n) is 0.978. The first kappa shape index (κ1) is 9.33. The van der Waals surface area contributed by atoms with Crippen molar-refractivity contribution in [1.82, 2.24) is 0 Å². The largest absolute Gasteiger partial charge is 0.287 e. The third-order valence-electron chi connectivity index (χ3n) is 2.03. The topological polar surface area (TPSA) is 17.1 Å². The summed E-state index contributed by atoms with van der Waals surface area (Å²) < 4.78 is 0. The number of hydrogen-bond acceptors (Lipinski definition) is 1. The normalized spacial score (nSPS) is 11.2. The summed E-state index contributed by atoms with van der Waals surface area (Å²) in [6.07, 6.45) is 0. The average molecular weight is 180 g/mol. The molecule has 2 heteroatoms. The van der Waals surface area contributed by atoms with Crippen molar-refractivity contribution in [2.45, 2.75) is 19.3 Å². The fraction of sp³-hybridized carbons (Fsp3) is 0.300. The quantitative estimate of drug-likeness (QED) is 0.692. The Labute approximate surface area is 78.2 Å². The summed E-state index contributed by atoms with van der Waals surface area (Å²) in [5, 5.41) is -0.103. The molecule has 1 aromatic carbocycles. The van der Waals surface area contributed by atoms with Crippen LogP contribution in [0.1, 0.15) is 19.4 Å². The van der Waals surface area contributed by atoms with Gasteiger partial charge in [-0.3, -0.25) is 4.79 Å². The predicted octanol–water partition coefficient (Wildman–Crippen LogP) is 2.42. The summed E-state index contributed by atoms with van der Waals surface area (Å²) in [5.41, 5.74) is 0.523. The summed E-state index contributed by atoms with van der Waals surface area (Å²) in [5.74, 6) is 0. The standard InChI is InChI=1S/C10H12OS/c1-10(2,9(11)12)8-6-4-3-5-7-8/h3-7H,1-2H3,(H,11,12). The number of hydrogen-bond donors (Lipinski definition) is 1. The molecule has 0 aliphatic carbocycles. The van der Waals surface area contributed by atoms with Crippen LogP contribution in [0.15, 0.2) is 30.3 Å². The first-order chi connectivity index (χ1) is 5.55. The highest BCUT2D eigenvalue weighted by atomic mass is 32.1. The fourth-order valence-corrected chi connectivity index (χ4v) is 1.11. The molecule has 0 N–H and O–H groups in total. The van der Waals surface area contributed by atoms with Crippen LogP contribution in [0.25, 0.3) is 0 Å². The van der Waals surface area contributed by atoms with Crippen LogP contribution in [0.3, 0.4) is 0 Å². The Hall–Kier alpha value is -0.760. The summed E-state index contributed by atoms with van der Waals surface area (Å²) in [4.78, 5) is 11.1. The average Bonchev–Trinajstić information content (AvgIpc) is 2.06. The summed E-state index contributed by atoms with van der Waals surface area (Å²) >= 11 is 3.85. The smallest absolute Gasteiger partial charge is 0.195 e. The molecule has 1 nitrogen and oxygen atoms in total. The highest BCUT2D eigenvalue weighted by molar-refractivity contribution is 7.96. The minimum Gasteiger partial charge on any atom is -0.287 e. The second kappa shape index (κ2) is 3.31. The molecule has 0 radical (unpaired) electrons. The number of carbonyl (C=O) groups is 1. The highest BCUT2D eigenvalue weighted by Gasteiger charge is 2.26. The number of carbonyl (C=O) groups excluding carboxylic acids is 1. The van der Waals surface area contributed by atoms with E-state index in [0.717, 1.165) is 5.56 Å². The minimum atomic E-state index is -0.482. The Balaban J connectivity index is 3.06. The molecule has 12 heavy (non-hydrogen) atoms. The molecule has 1 aromatic rings. The SMILES string of the molecule is CC(C)(C(=O)S)c1ccccc1. The van der Waals surface area contributed by atoms with E-state index < -0.39 is 5.41 Å². The van der Waals surface area contributed by atoms with E-state index in [1.807, 2.05) is 44.2 Å². The Morgan fingerprint density at radius 3 is 2.17 bits per heavy atom. The van der Waals surface area contributed by atoms with Crippen LogP contribution in [0.4, 0.5) is 0 Å². The zero-order chi connectivity index (χ0) is 9.19. The monoisotopic (exact) mass is 180 g/mol. The molecule has 0 aromatic heterocycles. The molecule has 0 aliphatic rings. The lowest BCUT2D eigenvalue weighted by Gasteiger charge is -2.20. The Morgan fingerprint density at radius 1 is 1.25 bits per heavy atom. The van der Waals surface area contributed by atoms with Gasteiger partial charge in [0.15, 0.2) is 5.12 Å². The van der Waals surface area contributed by atoms with Crippen LogP contribution in [0.5, 0.6) is 0 Å². The summed E-state index contributed by atoms with van der Waals surface area (Å²) in [6, 6.07) is 9.66. The number of thiol groups is 1. The van der Waals surface area contributed by atoms with E-state index in [4.69, 9.17) is 0 Å². The Morgan fingerprint density at radius 2 is 1.75 bits per heavy atom. The zero-order valence-corrected chi connectivity index (χ0v) is 8.14. The van der Waals surface area contributed by atoms with E-state index in [0.29, 0.717) is 0 Å². The van der Waals surface area contributed by atoms with Crippen molar-refractivity contribution in [2.24, 2.45) is 0 Å². The summed E-state index contributed by atoms with van der Waals surface area (Å²) in [7, 11) is 0. The lowest BCUT2D eigenvalue weighted by Crippen LogP contribution is -2.24. The van der Waals surface area contributed by atoms with Crippen LogP contribution in [-0.4, -0.2) is 5.12 Å². The Kier molecular flexibility index (Phi) is 2.58. The van der Waals surface area contributed by atoms with Crippen molar-refractivity contribution < 1.29 is 4.79 Å². The van der Waals surface area contributed by atoms with Crippen molar-refractivity contribution in [2.75, 3.05) is 0 Å². The number of rotatable bonds is 2. The van der Waals surface area contributed by atoms with Gasteiger partial charge >= 0.3 is 0 Å². The molecule has 0 bridgehead atoms. The van der Waals surface area contributed by atoms with E-state index in [-0.39, 0.29) is 5.12 Å². The van der Waals surface area contributed by atoms with Crippen molar-refractivity contribution in [3.8, 4) is 0 Å². The molecule has 0 heterocycles. The molecule has 0 spiro atoms. The van der Waals surface area contributed by atoms with Crippen molar-refractivity contribution in [3.63, 3.8) is 0 Å². The lowest BCUT2D eigenvalue weighted by molar-refractivity contribution is -0.114. The molecule has 0 saturated heterocycles. The van der Waals surface area contributed by atoms with E-state index >= 15 is 0 Å². The van der Waals surface area contributed by atoms with E-state index in [1.165, 1.54) is 0 Å². The molecule has 0 atom stereocenters. The zero-order valence-electron chi connectivity index (χ0n) is 7.24.